The molecular weight excluding hydrogens is 270 g/mol. The summed E-state index contributed by atoms with van der Waals surface area (Å²) in [6, 6.07) is 2.36. The van der Waals surface area contributed by atoms with Gasteiger partial charge in [-0.3, -0.25) is 4.55 Å². The molecule has 0 bridgehead atoms. The Bertz CT molecular complexity index is 436. The summed E-state index contributed by atoms with van der Waals surface area (Å²) in [5, 5.41) is 0.486. The van der Waals surface area contributed by atoms with E-state index in [0.29, 0.717) is 12.0 Å². The average Bonchev–Trinajstić information content (AvgIpc) is 2.01. The SMILES string of the molecule is CCc1c(Cl)cc(S(=O)(=O)O)cc1Cl.[NaH]. The molecule has 1 N–H and O–H groups in total. The predicted octanol–water partition coefficient (Wildman–Crippen LogP) is 2.15. The van der Waals surface area contributed by atoms with Crippen molar-refractivity contribution in [1.82, 2.24) is 0 Å². The summed E-state index contributed by atoms with van der Waals surface area (Å²) in [6.07, 6.45) is 0.601. The van der Waals surface area contributed by atoms with Gasteiger partial charge in [-0.25, -0.2) is 0 Å². The van der Waals surface area contributed by atoms with E-state index in [2.05, 4.69) is 0 Å². The van der Waals surface area contributed by atoms with Crippen molar-refractivity contribution in [2.45, 2.75) is 18.2 Å². The molecule has 0 aromatic heterocycles. The van der Waals surface area contributed by atoms with Crippen LogP contribution in [-0.4, -0.2) is 42.5 Å². The van der Waals surface area contributed by atoms with E-state index in [9.17, 15) is 8.42 Å². The first-order valence-electron chi connectivity index (χ1n) is 3.81. The van der Waals surface area contributed by atoms with Gasteiger partial charge in [-0.2, -0.15) is 8.42 Å². The quantitative estimate of drug-likeness (QED) is 0.666. The van der Waals surface area contributed by atoms with Crippen molar-refractivity contribution in [2.75, 3.05) is 0 Å². The van der Waals surface area contributed by atoms with E-state index >= 15 is 0 Å². The number of hydrogen-bond acceptors (Lipinski definition) is 2. The molecule has 15 heavy (non-hydrogen) atoms. The molecule has 1 aromatic carbocycles. The molecule has 0 amide bonds. The molecule has 1 rings (SSSR count). The van der Waals surface area contributed by atoms with Crippen LogP contribution in [0.3, 0.4) is 0 Å². The van der Waals surface area contributed by atoms with E-state index in [1.807, 2.05) is 6.92 Å². The Morgan fingerprint density at radius 3 is 1.93 bits per heavy atom. The van der Waals surface area contributed by atoms with E-state index in [-0.39, 0.29) is 44.5 Å². The fourth-order valence-corrected chi connectivity index (χ4v) is 2.48. The van der Waals surface area contributed by atoms with Crippen LogP contribution in [0.2, 0.25) is 10.0 Å². The van der Waals surface area contributed by atoms with Crippen molar-refractivity contribution < 1.29 is 13.0 Å². The van der Waals surface area contributed by atoms with Crippen LogP contribution < -0.4 is 0 Å². The van der Waals surface area contributed by atoms with E-state index in [1.54, 1.807) is 0 Å². The monoisotopic (exact) mass is 278 g/mol. The fourth-order valence-electron chi connectivity index (χ4n) is 1.07. The van der Waals surface area contributed by atoms with Crippen molar-refractivity contribution in [3.05, 3.63) is 27.7 Å². The summed E-state index contributed by atoms with van der Waals surface area (Å²) in [7, 11) is -4.24. The molecule has 0 unspecified atom stereocenters. The molecule has 0 saturated carbocycles. The summed E-state index contributed by atoms with van der Waals surface area (Å²) in [5.74, 6) is 0. The standard InChI is InChI=1S/C8H8Cl2O3S.Na.H/c1-2-6-7(9)3-5(4-8(6)10)14(11,12)13;;/h3-4H,2H2,1H3,(H,11,12,13);;. The van der Waals surface area contributed by atoms with Gasteiger partial charge in [0.15, 0.2) is 0 Å². The summed E-state index contributed by atoms with van der Waals surface area (Å²) >= 11 is 11.6. The zero-order valence-electron chi connectivity index (χ0n) is 7.29. The maximum absolute atomic E-state index is 10.8. The van der Waals surface area contributed by atoms with E-state index in [0.717, 1.165) is 0 Å². The van der Waals surface area contributed by atoms with Gasteiger partial charge in [0, 0.05) is 10.0 Å². The van der Waals surface area contributed by atoms with Gasteiger partial charge in [-0.15, -0.1) is 0 Å². The van der Waals surface area contributed by atoms with Gasteiger partial charge in [0.2, 0.25) is 0 Å². The molecule has 0 fully saturated rings. The Hall–Kier alpha value is 0.710. The molecule has 1 aromatic rings. The van der Waals surface area contributed by atoms with Crippen LogP contribution in [0.15, 0.2) is 17.0 Å². The molecule has 0 radical (unpaired) electrons. The second-order valence-electron chi connectivity index (χ2n) is 2.69. The third-order valence-electron chi connectivity index (χ3n) is 1.77. The molecule has 7 heteroatoms. The van der Waals surface area contributed by atoms with Crippen molar-refractivity contribution in [3.8, 4) is 0 Å². The van der Waals surface area contributed by atoms with Gasteiger partial charge in [-0.05, 0) is 24.1 Å². The zero-order chi connectivity index (χ0) is 10.9. The van der Waals surface area contributed by atoms with Crippen molar-refractivity contribution in [2.24, 2.45) is 0 Å². The van der Waals surface area contributed by atoms with E-state index in [1.165, 1.54) is 12.1 Å². The minimum atomic E-state index is -4.24. The van der Waals surface area contributed by atoms with E-state index < -0.39 is 10.1 Å². The van der Waals surface area contributed by atoms with Crippen LogP contribution in [-0.2, 0) is 16.5 Å². The van der Waals surface area contributed by atoms with Crippen LogP contribution in [0.5, 0.6) is 0 Å². The zero-order valence-corrected chi connectivity index (χ0v) is 9.62. The number of halogens is 2. The second kappa shape index (κ2) is 5.87. The first-order chi connectivity index (χ1) is 6.36. The third-order valence-corrected chi connectivity index (χ3v) is 3.27. The van der Waals surface area contributed by atoms with Crippen molar-refractivity contribution in [3.63, 3.8) is 0 Å². The Morgan fingerprint density at radius 2 is 1.67 bits per heavy atom. The summed E-state index contributed by atoms with van der Waals surface area (Å²) in [5.41, 5.74) is 0.667. The molecule has 0 aliphatic heterocycles. The van der Waals surface area contributed by atoms with E-state index in [4.69, 9.17) is 27.8 Å². The number of benzene rings is 1. The predicted molar refractivity (Wildman–Crippen MR) is 62.8 cm³/mol. The average molecular weight is 279 g/mol. The van der Waals surface area contributed by atoms with Gasteiger partial charge in [0.05, 0.1) is 4.90 Å². The molecule has 0 saturated heterocycles. The van der Waals surface area contributed by atoms with Crippen LogP contribution in [0.25, 0.3) is 0 Å². The Kier molecular flexibility index (Phi) is 6.14. The van der Waals surface area contributed by atoms with Gasteiger partial charge >= 0.3 is 29.6 Å². The van der Waals surface area contributed by atoms with Crippen LogP contribution >= 0.6 is 23.2 Å². The molecule has 80 valence electrons. The van der Waals surface area contributed by atoms with Gasteiger partial charge < -0.3 is 0 Å². The molecule has 0 atom stereocenters. The molecular formula is C8H9Cl2NaO3S. The molecule has 0 aliphatic rings. The number of rotatable bonds is 2. The molecule has 0 spiro atoms. The summed E-state index contributed by atoms with van der Waals surface area (Å²) in [4.78, 5) is -0.287. The second-order valence-corrected chi connectivity index (χ2v) is 4.93. The summed E-state index contributed by atoms with van der Waals surface area (Å²) in [6.45, 7) is 1.85. The Morgan fingerprint density at radius 1 is 1.27 bits per heavy atom. The fraction of sp³-hybridized carbons (Fsp3) is 0.250. The molecule has 3 nitrogen and oxygen atoms in total. The summed E-state index contributed by atoms with van der Waals surface area (Å²) < 4.78 is 30.3. The Labute approximate surface area is 121 Å². The maximum atomic E-state index is 10.8. The van der Waals surface area contributed by atoms with Crippen LogP contribution in [0.1, 0.15) is 12.5 Å². The van der Waals surface area contributed by atoms with Gasteiger partial charge in [0.1, 0.15) is 0 Å². The Balaban J connectivity index is 0.00000196. The normalized spacial score (nSPS) is 10.9. The molecule has 0 aliphatic carbocycles. The van der Waals surface area contributed by atoms with Gasteiger partial charge in [0.25, 0.3) is 10.1 Å². The van der Waals surface area contributed by atoms with Gasteiger partial charge in [-0.1, -0.05) is 30.1 Å². The minimum absolute atomic E-state index is 0. The number of hydrogen-bond donors (Lipinski definition) is 1. The van der Waals surface area contributed by atoms with Crippen molar-refractivity contribution in [1.29, 1.82) is 0 Å². The van der Waals surface area contributed by atoms with Crippen LogP contribution in [0, 0.1) is 0 Å². The third kappa shape index (κ3) is 3.89. The van der Waals surface area contributed by atoms with Crippen molar-refractivity contribution >= 4 is 62.9 Å². The molecule has 0 heterocycles. The first kappa shape index (κ1) is 15.7. The topological polar surface area (TPSA) is 54.4 Å². The van der Waals surface area contributed by atoms with Crippen LogP contribution in [0.4, 0.5) is 0 Å². The first-order valence-corrected chi connectivity index (χ1v) is 6.01.